The van der Waals surface area contributed by atoms with E-state index in [1.807, 2.05) is 51.1 Å². The van der Waals surface area contributed by atoms with Gasteiger partial charge in [-0.2, -0.15) is 0 Å². The molecule has 4 heteroatoms. The van der Waals surface area contributed by atoms with E-state index in [1.54, 1.807) is 11.1 Å². The molecule has 0 radical (unpaired) electrons. The molecule has 2 rings (SSSR count). The number of hydrogen-bond donors (Lipinski definition) is 0. The van der Waals surface area contributed by atoms with Gasteiger partial charge in [-0.25, -0.2) is 4.79 Å². The van der Waals surface area contributed by atoms with Gasteiger partial charge in [0, 0.05) is 12.7 Å². The van der Waals surface area contributed by atoms with Crippen LogP contribution < -0.4 is 0 Å². The Morgan fingerprint density at radius 3 is 2.79 bits per heavy atom. The highest BCUT2D eigenvalue weighted by Crippen LogP contribution is 2.22. The lowest BCUT2D eigenvalue weighted by molar-refractivity contribution is 0.00292. The van der Waals surface area contributed by atoms with Crippen LogP contribution in [0.1, 0.15) is 32.9 Å². The van der Waals surface area contributed by atoms with Crippen LogP contribution in [0.25, 0.3) is 6.08 Å². The maximum absolute atomic E-state index is 11.9. The van der Waals surface area contributed by atoms with Crippen LogP contribution in [0.3, 0.4) is 0 Å². The molecule has 19 heavy (non-hydrogen) atoms. The van der Waals surface area contributed by atoms with E-state index in [9.17, 15) is 4.79 Å². The lowest BCUT2D eigenvalue weighted by atomic mass is 10.0. The minimum absolute atomic E-state index is 0.122. The molecule has 0 saturated carbocycles. The molecule has 1 atom stereocenters. The SMILES string of the molecule is CC(C)(C)OC(=O)N1CCC1/C=C/c1ccccn1. The number of rotatable bonds is 2. The number of carbonyl (C=O) groups excluding carboxylic acids is 1. The summed E-state index contributed by atoms with van der Waals surface area (Å²) in [6, 6.07) is 5.89. The number of pyridine rings is 1. The first-order chi connectivity index (χ1) is 8.96. The van der Waals surface area contributed by atoms with Crippen molar-refractivity contribution in [3.05, 3.63) is 36.2 Å². The molecule has 1 fully saturated rings. The maximum Gasteiger partial charge on any atom is 0.410 e. The van der Waals surface area contributed by atoms with Crippen LogP contribution in [0, 0.1) is 0 Å². The Morgan fingerprint density at radius 1 is 1.47 bits per heavy atom. The molecule has 0 bridgehead atoms. The normalized spacial score (nSPS) is 19.3. The van der Waals surface area contributed by atoms with E-state index in [0.29, 0.717) is 0 Å². The Labute approximate surface area is 114 Å². The molecular formula is C15H20N2O2. The monoisotopic (exact) mass is 260 g/mol. The lowest BCUT2D eigenvalue weighted by Gasteiger charge is -2.39. The molecule has 0 spiro atoms. The Bertz CT molecular complexity index is 463. The molecule has 2 heterocycles. The Morgan fingerprint density at radius 2 is 2.26 bits per heavy atom. The van der Waals surface area contributed by atoms with Gasteiger partial charge in [0.1, 0.15) is 5.60 Å². The lowest BCUT2D eigenvalue weighted by Crippen LogP contribution is -2.51. The standard InChI is InChI=1S/C15H20N2O2/c1-15(2,3)19-14(18)17-11-9-13(17)8-7-12-6-4-5-10-16-12/h4-8,10,13H,9,11H2,1-3H3/b8-7+. The van der Waals surface area contributed by atoms with Crippen molar-refractivity contribution in [1.82, 2.24) is 9.88 Å². The van der Waals surface area contributed by atoms with Crippen LogP contribution in [0.15, 0.2) is 30.5 Å². The third kappa shape index (κ3) is 3.81. The summed E-state index contributed by atoms with van der Waals surface area (Å²) in [5.41, 5.74) is 0.459. The van der Waals surface area contributed by atoms with Crippen molar-refractivity contribution >= 4 is 12.2 Å². The van der Waals surface area contributed by atoms with E-state index in [4.69, 9.17) is 4.74 Å². The van der Waals surface area contributed by atoms with Crippen molar-refractivity contribution < 1.29 is 9.53 Å². The van der Waals surface area contributed by atoms with Gasteiger partial charge in [-0.3, -0.25) is 4.98 Å². The molecule has 0 N–H and O–H groups in total. The van der Waals surface area contributed by atoms with Gasteiger partial charge >= 0.3 is 6.09 Å². The second-order valence-electron chi connectivity index (χ2n) is 5.64. The summed E-state index contributed by atoms with van der Waals surface area (Å²) in [7, 11) is 0. The number of aromatic nitrogens is 1. The third-order valence-corrected chi connectivity index (χ3v) is 2.87. The fraction of sp³-hybridized carbons (Fsp3) is 0.467. The molecular weight excluding hydrogens is 240 g/mol. The van der Waals surface area contributed by atoms with E-state index in [-0.39, 0.29) is 12.1 Å². The van der Waals surface area contributed by atoms with E-state index in [1.165, 1.54) is 0 Å². The third-order valence-electron chi connectivity index (χ3n) is 2.87. The second kappa shape index (κ2) is 5.43. The highest BCUT2D eigenvalue weighted by molar-refractivity contribution is 5.70. The zero-order valence-corrected chi connectivity index (χ0v) is 11.7. The Balaban J connectivity index is 1.92. The molecule has 0 aromatic carbocycles. The van der Waals surface area contributed by atoms with Gasteiger partial charge in [-0.1, -0.05) is 12.1 Å². The quantitative estimate of drug-likeness (QED) is 0.820. The Hall–Kier alpha value is -1.84. The highest BCUT2D eigenvalue weighted by Gasteiger charge is 2.33. The summed E-state index contributed by atoms with van der Waals surface area (Å²) in [4.78, 5) is 17.9. The van der Waals surface area contributed by atoms with Gasteiger partial charge in [0.2, 0.25) is 0 Å². The summed E-state index contributed by atoms with van der Waals surface area (Å²) in [6.45, 7) is 6.39. The molecule has 4 nitrogen and oxygen atoms in total. The van der Waals surface area contributed by atoms with Crippen LogP contribution in [-0.2, 0) is 4.74 Å². The molecule has 1 aliphatic rings. The van der Waals surface area contributed by atoms with Gasteiger partial charge in [0.25, 0.3) is 0 Å². The van der Waals surface area contributed by atoms with Gasteiger partial charge in [0.15, 0.2) is 0 Å². The van der Waals surface area contributed by atoms with Crippen LogP contribution in [0.2, 0.25) is 0 Å². The first-order valence-corrected chi connectivity index (χ1v) is 6.54. The minimum atomic E-state index is -0.443. The van der Waals surface area contributed by atoms with Gasteiger partial charge < -0.3 is 9.64 Å². The molecule has 1 aromatic rings. The average Bonchev–Trinajstić information content (AvgIpc) is 2.26. The average molecular weight is 260 g/mol. The first-order valence-electron chi connectivity index (χ1n) is 6.54. The molecule has 1 saturated heterocycles. The summed E-state index contributed by atoms with van der Waals surface area (Å²) in [6.07, 6.45) is 6.44. The summed E-state index contributed by atoms with van der Waals surface area (Å²) in [5, 5.41) is 0. The fourth-order valence-corrected chi connectivity index (χ4v) is 1.84. The molecule has 1 aromatic heterocycles. The van der Waals surface area contributed by atoms with Crippen LogP contribution >= 0.6 is 0 Å². The molecule has 102 valence electrons. The smallest absolute Gasteiger partial charge is 0.410 e. The summed E-state index contributed by atoms with van der Waals surface area (Å²) >= 11 is 0. The zero-order chi connectivity index (χ0) is 13.9. The van der Waals surface area contributed by atoms with Crippen molar-refractivity contribution in [2.75, 3.05) is 6.54 Å². The maximum atomic E-state index is 11.9. The van der Waals surface area contributed by atoms with E-state index >= 15 is 0 Å². The number of nitrogens with zero attached hydrogens (tertiary/aromatic N) is 2. The molecule has 1 aliphatic heterocycles. The fourth-order valence-electron chi connectivity index (χ4n) is 1.84. The molecule has 0 aliphatic carbocycles. The van der Waals surface area contributed by atoms with Crippen molar-refractivity contribution in [3.63, 3.8) is 0 Å². The number of ether oxygens (including phenoxy) is 1. The molecule has 1 amide bonds. The van der Waals surface area contributed by atoms with E-state index in [2.05, 4.69) is 4.98 Å². The van der Waals surface area contributed by atoms with Crippen molar-refractivity contribution in [2.45, 2.75) is 38.8 Å². The van der Waals surface area contributed by atoms with Crippen molar-refractivity contribution in [3.8, 4) is 0 Å². The largest absolute Gasteiger partial charge is 0.444 e. The number of amides is 1. The summed E-state index contributed by atoms with van der Waals surface area (Å²) < 4.78 is 5.36. The van der Waals surface area contributed by atoms with E-state index < -0.39 is 5.60 Å². The number of hydrogen-bond acceptors (Lipinski definition) is 3. The van der Waals surface area contributed by atoms with Crippen molar-refractivity contribution in [2.24, 2.45) is 0 Å². The van der Waals surface area contributed by atoms with Gasteiger partial charge in [0.05, 0.1) is 11.7 Å². The number of likely N-dealkylation sites (tertiary alicyclic amines) is 1. The van der Waals surface area contributed by atoms with Gasteiger partial charge in [-0.15, -0.1) is 0 Å². The summed E-state index contributed by atoms with van der Waals surface area (Å²) in [5.74, 6) is 0. The van der Waals surface area contributed by atoms with Crippen LogP contribution in [-0.4, -0.2) is 34.2 Å². The number of carbonyl (C=O) groups is 1. The second-order valence-corrected chi connectivity index (χ2v) is 5.64. The topological polar surface area (TPSA) is 42.4 Å². The van der Waals surface area contributed by atoms with Crippen LogP contribution in [0.4, 0.5) is 4.79 Å². The van der Waals surface area contributed by atoms with Gasteiger partial charge in [-0.05, 0) is 45.4 Å². The predicted octanol–water partition coefficient (Wildman–Crippen LogP) is 3.10. The minimum Gasteiger partial charge on any atom is -0.444 e. The first kappa shape index (κ1) is 13.6. The van der Waals surface area contributed by atoms with Crippen molar-refractivity contribution in [1.29, 1.82) is 0 Å². The van der Waals surface area contributed by atoms with Crippen LogP contribution in [0.5, 0.6) is 0 Å². The van der Waals surface area contributed by atoms with E-state index in [0.717, 1.165) is 18.7 Å². The predicted molar refractivity (Wildman–Crippen MR) is 74.6 cm³/mol. The molecule has 1 unspecified atom stereocenters. The highest BCUT2D eigenvalue weighted by atomic mass is 16.6. The Kier molecular flexibility index (Phi) is 3.88. The zero-order valence-electron chi connectivity index (χ0n) is 11.7.